The molecule has 2 amide bonds. The lowest BCUT2D eigenvalue weighted by molar-refractivity contribution is 0.0784. The van der Waals surface area contributed by atoms with Crippen molar-refractivity contribution < 1.29 is 9.59 Å². The van der Waals surface area contributed by atoms with Gasteiger partial charge >= 0.3 is 0 Å². The van der Waals surface area contributed by atoms with Crippen LogP contribution in [0.1, 0.15) is 42.9 Å². The van der Waals surface area contributed by atoms with E-state index < -0.39 is 0 Å². The molecule has 8 nitrogen and oxygen atoms in total. The monoisotopic (exact) mass is 432 g/mol. The van der Waals surface area contributed by atoms with Gasteiger partial charge in [-0.25, -0.2) is 9.97 Å². The van der Waals surface area contributed by atoms with E-state index in [9.17, 15) is 9.59 Å². The molecule has 1 unspecified atom stereocenters. The van der Waals surface area contributed by atoms with Gasteiger partial charge in [0.2, 0.25) is 0 Å². The van der Waals surface area contributed by atoms with Gasteiger partial charge in [-0.15, -0.1) is 11.3 Å². The van der Waals surface area contributed by atoms with Crippen molar-refractivity contribution >= 4 is 28.8 Å². The number of hydrogen-bond acceptors (Lipinski definition) is 6. The lowest BCUT2D eigenvalue weighted by Crippen LogP contribution is -2.29. The van der Waals surface area contributed by atoms with E-state index in [1.165, 1.54) is 23.7 Å². The van der Waals surface area contributed by atoms with E-state index in [0.717, 1.165) is 22.5 Å². The van der Waals surface area contributed by atoms with Gasteiger partial charge in [0.05, 0.1) is 11.1 Å². The van der Waals surface area contributed by atoms with Crippen molar-refractivity contribution in [2.45, 2.75) is 18.9 Å². The molecule has 1 saturated heterocycles. The summed E-state index contributed by atoms with van der Waals surface area (Å²) in [6, 6.07) is 7.79. The SMILES string of the molecule is O=C(NCc1ccn2ccnc2c1)c1ccc(C2CCN(C(=O)c3cnccn3)C2)s1. The molecule has 0 saturated carbocycles. The topological polar surface area (TPSA) is 92.5 Å². The molecule has 31 heavy (non-hydrogen) atoms. The predicted molar refractivity (Wildman–Crippen MR) is 116 cm³/mol. The number of pyridine rings is 1. The molecule has 1 aliphatic heterocycles. The van der Waals surface area contributed by atoms with Gasteiger partial charge in [0.25, 0.3) is 11.8 Å². The average molecular weight is 433 g/mol. The number of carbonyl (C=O) groups excluding carboxylic acids is 2. The number of likely N-dealkylation sites (tertiary alicyclic amines) is 1. The Morgan fingerprint density at radius 3 is 2.94 bits per heavy atom. The number of nitrogens with one attached hydrogen (secondary N) is 1. The van der Waals surface area contributed by atoms with Crippen LogP contribution in [-0.2, 0) is 6.54 Å². The second kappa shape index (κ2) is 8.27. The number of nitrogens with zero attached hydrogens (tertiary/aromatic N) is 5. The number of hydrogen-bond donors (Lipinski definition) is 1. The molecule has 156 valence electrons. The first-order valence-electron chi connectivity index (χ1n) is 10.0. The van der Waals surface area contributed by atoms with Crippen molar-refractivity contribution in [2.24, 2.45) is 0 Å². The van der Waals surface area contributed by atoms with Gasteiger partial charge in [-0.3, -0.25) is 14.6 Å². The van der Waals surface area contributed by atoms with Crippen LogP contribution < -0.4 is 5.32 Å². The highest BCUT2D eigenvalue weighted by Crippen LogP contribution is 2.32. The molecular weight excluding hydrogens is 412 g/mol. The summed E-state index contributed by atoms with van der Waals surface area (Å²) in [5, 5.41) is 2.98. The third-order valence-corrected chi connectivity index (χ3v) is 6.67. The quantitative estimate of drug-likeness (QED) is 0.524. The molecule has 5 rings (SSSR count). The lowest BCUT2D eigenvalue weighted by Gasteiger charge is -2.15. The van der Waals surface area contributed by atoms with E-state index in [1.54, 1.807) is 17.3 Å². The molecule has 9 heteroatoms. The first-order chi connectivity index (χ1) is 15.2. The van der Waals surface area contributed by atoms with E-state index in [4.69, 9.17) is 0 Å². The first kappa shape index (κ1) is 19.4. The van der Waals surface area contributed by atoms with Crippen LogP contribution in [0.2, 0.25) is 0 Å². The van der Waals surface area contributed by atoms with Crippen LogP contribution in [0.3, 0.4) is 0 Å². The Morgan fingerprint density at radius 1 is 1.13 bits per heavy atom. The first-order valence-corrected chi connectivity index (χ1v) is 10.8. The van der Waals surface area contributed by atoms with Crippen LogP contribution in [0.25, 0.3) is 5.65 Å². The van der Waals surface area contributed by atoms with Crippen LogP contribution in [0.5, 0.6) is 0 Å². The smallest absolute Gasteiger partial charge is 0.274 e. The fraction of sp³-hybridized carbons (Fsp3) is 0.227. The normalized spacial score (nSPS) is 16.0. The number of aromatic nitrogens is 4. The minimum atomic E-state index is -0.0976. The van der Waals surface area contributed by atoms with Crippen LogP contribution in [0.15, 0.2) is 61.4 Å². The fourth-order valence-corrected chi connectivity index (χ4v) is 4.82. The van der Waals surface area contributed by atoms with E-state index in [-0.39, 0.29) is 17.7 Å². The maximum Gasteiger partial charge on any atom is 0.274 e. The Hall–Kier alpha value is -3.59. The van der Waals surface area contributed by atoms with E-state index in [1.807, 2.05) is 41.1 Å². The van der Waals surface area contributed by atoms with Gasteiger partial charge in [0.15, 0.2) is 0 Å². The largest absolute Gasteiger partial charge is 0.347 e. The zero-order valence-electron chi connectivity index (χ0n) is 16.6. The highest BCUT2D eigenvalue weighted by molar-refractivity contribution is 7.14. The maximum atomic E-state index is 12.6. The minimum Gasteiger partial charge on any atom is -0.347 e. The molecule has 4 aromatic rings. The standard InChI is InChI=1S/C22H20N6O2S/c29-21(26-12-15-3-8-27-10-7-25-20(27)11-15)19-2-1-18(31-19)16-4-9-28(14-16)22(30)17-13-23-5-6-24-17/h1-3,5-8,10-11,13,16H,4,9,12,14H2,(H,26,29). The number of carbonyl (C=O) groups is 2. The van der Waals surface area contributed by atoms with Crippen molar-refractivity contribution in [1.82, 2.24) is 29.6 Å². The van der Waals surface area contributed by atoms with Crippen LogP contribution in [0.4, 0.5) is 0 Å². The molecule has 4 aromatic heterocycles. The minimum absolute atomic E-state index is 0.0926. The summed E-state index contributed by atoms with van der Waals surface area (Å²) in [6.07, 6.45) is 11.0. The molecule has 0 radical (unpaired) electrons. The van der Waals surface area contributed by atoms with Crippen LogP contribution in [-0.4, -0.2) is 49.2 Å². The van der Waals surface area contributed by atoms with Gasteiger partial charge in [-0.2, -0.15) is 0 Å². The van der Waals surface area contributed by atoms with Crippen molar-refractivity contribution in [2.75, 3.05) is 13.1 Å². The molecular formula is C22H20N6O2S. The Bertz CT molecular complexity index is 1240. The molecule has 0 aromatic carbocycles. The predicted octanol–water partition coefficient (Wildman–Crippen LogP) is 2.75. The van der Waals surface area contributed by atoms with Crippen molar-refractivity contribution in [1.29, 1.82) is 0 Å². The maximum absolute atomic E-state index is 12.6. The van der Waals surface area contributed by atoms with Crippen molar-refractivity contribution in [3.05, 3.63) is 82.5 Å². The summed E-state index contributed by atoms with van der Waals surface area (Å²) in [6.45, 7) is 1.75. The molecule has 0 spiro atoms. The molecule has 1 fully saturated rings. The van der Waals surface area contributed by atoms with Gasteiger partial charge in [-0.05, 0) is 36.2 Å². The summed E-state index contributed by atoms with van der Waals surface area (Å²) < 4.78 is 1.93. The number of fused-ring (bicyclic) bond motifs is 1. The van der Waals surface area contributed by atoms with E-state index in [2.05, 4.69) is 20.3 Å². The molecule has 0 aliphatic carbocycles. The second-order valence-electron chi connectivity index (χ2n) is 7.44. The second-order valence-corrected chi connectivity index (χ2v) is 8.56. The summed E-state index contributed by atoms with van der Waals surface area (Å²) in [5.74, 6) is 0.0412. The average Bonchev–Trinajstić information content (AvgIpc) is 3.57. The Labute approximate surface area is 182 Å². The zero-order chi connectivity index (χ0) is 21.2. The van der Waals surface area contributed by atoms with Gasteiger partial charge in [0, 0.05) is 61.4 Å². The highest BCUT2D eigenvalue weighted by Gasteiger charge is 2.29. The van der Waals surface area contributed by atoms with Crippen molar-refractivity contribution in [3.8, 4) is 0 Å². The molecule has 1 atom stereocenters. The summed E-state index contributed by atoms with van der Waals surface area (Å²) in [5.41, 5.74) is 2.22. The third-order valence-electron chi connectivity index (χ3n) is 5.43. The third kappa shape index (κ3) is 4.04. The highest BCUT2D eigenvalue weighted by atomic mass is 32.1. The van der Waals surface area contributed by atoms with Crippen LogP contribution >= 0.6 is 11.3 Å². The molecule has 1 N–H and O–H groups in total. The number of rotatable bonds is 5. The van der Waals surface area contributed by atoms with Crippen molar-refractivity contribution in [3.63, 3.8) is 0 Å². The Kier molecular flexibility index (Phi) is 5.17. The van der Waals surface area contributed by atoms with E-state index >= 15 is 0 Å². The fourth-order valence-electron chi connectivity index (χ4n) is 3.77. The number of thiophene rings is 1. The molecule has 0 bridgehead atoms. The summed E-state index contributed by atoms with van der Waals surface area (Å²) in [7, 11) is 0. The van der Waals surface area contributed by atoms with Gasteiger partial charge in [0.1, 0.15) is 11.3 Å². The Morgan fingerprint density at radius 2 is 2.06 bits per heavy atom. The summed E-state index contributed by atoms with van der Waals surface area (Å²) in [4.78, 5) is 41.1. The molecule has 1 aliphatic rings. The van der Waals surface area contributed by atoms with Crippen LogP contribution in [0, 0.1) is 0 Å². The van der Waals surface area contributed by atoms with E-state index in [0.29, 0.717) is 30.2 Å². The van der Waals surface area contributed by atoms with Gasteiger partial charge in [-0.1, -0.05) is 0 Å². The Balaban J connectivity index is 1.19. The lowest BCUT2D eigenvalue weighted by atomic mass is 10.1. The molecule has 5 heterocycles. The zero-order valence-corrected chi connectivity index (χ0v) is 17.5. The number of amides is 2. The number of imidazole rings is 1. The van der Waals surface area contributed by atoms with Gasteiger partial charge < -0.3 is 14.6 Å². The summed E-state index contributed by atoms with van der Waals surface area (Å²) >= 11 is 1.49.